The molecule has 3 heteroatoms. The van der Waals surface area contributed by atoms with E-state index in [-0.39, 0.29) is 0 Å². The van der Waals surface area contributed by atoms with E-state index in [9.17, 15) is 0 Å². The Balaban J connectivity index is 1.94. The molecule has 1 atom stereocenters. The van der Waals surface area contributed by atoms with E-state index in [1.807, 2.05) is 11.6 Å². The van der Waals surface area contributed by atoms with Gasteiger partial charge in [-0.1, -0.05) is 30.3 Å². The lowest BCUT2D eigenvalue weighted by atomic mass is 10.1. The SMILES string of the molecule is Cc1ncsc1CNC(C)c1ccccc1. The first-order valence-corrected chi connectivity index (χ1v) is 6.32. The summed E-state index contributed by atoms with van der Waals surface area (Å²) in [6, 6.07) is 10.9. The van der Waals surface area contributed by atoms with Gasteiger partial charge >= 0.3 is 0 Å². The van der Waals surface area contributed by atoms with Crippen molar-refractivity contribution in [1.82, 2.24) is 10.3 Å². The lowest BCUT2D eigenvalue weighted by Gasteiger charge is -2.13. The number of nitrogens with zero attached hydrogens (tertiary/aromatic N) is 1. The fourth-order valence-corrected chi connectivity index (χ4v) is 2.33. The van der Waals surface area contributed by atoms with Gasteiger partial charge in [-0.15, -0.1) is 11.3 Å². The maximum absolute atomic E-state index is 4.25. The summed E-state index contributed by atoms with van der Waals surface area (Å²) >= 11 is 1.71. The number of benzene rings is 1. The van der Waals surface area contributed by atoms with Gasteiger partial charge in [-0.05, 0) is 19.4 Å². The lowest BCUT2D eigenvalue weighted by molar-refractivity contribution is 0.577. The maximum Gasteiger partial charge on any atom is 0.0798 e. The minimum absolute atomic E-state index is 0.378. The largest absolute Gasteiger partial charge is 0.305 e. The van der Waals surface area contributed by atoms with Gasteiger partial charge in [0.25, 0.3) is 0 Å². The summed E-state index contributed by atoms with van der Waals surface area (Å²) in [5.74, 6) is 0. The zero-order chi connectivity index (χ0) is 11.4. The molecule has 0 fully saturated rings. The van der Waals surface area contributed by atoms with Crippen LogP contribution in [0.2, 0.25) is 0 Å². The molecule has 2 nitrogen and oxygen atoms in total. The second-order valence-electron chi connectivity index (χ2n) is 3.87. The van der Waals surface area contributed by atoms with Gasteiger partial charge in [-0.2, -0.15) is 0 Å². The Morgan fingerprint density at radius 1 is 1.31 bits per heavy atom. The van der Waals surface area contributed by atoms with Crippen LogP contribution in [-0.2, 0) is 6.54 Å². The Morgan fingerprint density at radius 3 is 2.69 bits per heavy atom. The predicted molar refractivity (Wildman–Crippen MR) is 68.5 cm³/mol. The minimum atomic E-state index is 0.378. The van der Waals surface area contributed by atoms with Crippen molar-refractivity contribution in [2.45, 2.75) is 26.4 Å². The lowest BCUT2D eigenvalue weighted by Crippen LogP contribution is -2.17. The van der Waals surface area contributed by atoms with Gasteiger partial charge < -0.3 is 5.32 Å². The maximum atomic E-state index is 4.25. The molecule has 0 radical (unpaired) electrons. The summed E-state index contributed by atoms with van der Waals surface area (Å²) in [5, 5.41) is 3.51. The van der Waals surface area contributed by atoms with Crippen LogP contribution in [0.25, 0.3) is 0 Å². The van der Waals surface area contributed by atoms with E-state index >= 15 is 0 Å². The van der Waals surface area contributed by atoms with Crippen LogP contribution in [-0.4, -0.2) is 4.98 Å². The smallest absolute Gasteiger partial charge is 0.0798 e. The van der Waals surface area contributed by atoms with Gasteiger partial charge in [0.1, 0.15) is 0 Å². The third-order valence-corrected chi connectivity index (χ3v) is 3.65. The molecule has 0 aliphatic carbocycles. The van der Waals surface area contributed by atoms with Crippen molar-refractivity contribution >= 4 is 11.3 Å². The molecule has 1 unspecified atom stereocenters. The van der Waals surface area contributed by atoms with Crippen molar-refractivity contribution in [1.29, 1.82) is 0 Å². The summed E-state index contributed by atoms with van der Waals surface area (Å²) in [5.41, 5.74) is 4.36. The van der Waals surface area contributed by atoms with Crippen LogP contribution in [0.1, 0.15) is 29.1 Å². The molecule has 0 saturated heterocycles. The fraction of sp³-hybridized carbons (Fsp3) is 0.308. The summed E-state index contributed by atoms with van der Waals surface area (Å²) in [6.07, 6.45) is 0. The number of hydrogen-bond donors (Lipinski definition) is 1. The van der Waals surface area contributed by atoms with Gasteiger partial charge in [-0.3, -0.25) is 0 Å². The molecule has 0 amide bonds. The minimum Gasteiger partial charge on any atom is -0.305 e. The second-order valence-corrected chi connectivity index (χ2v) is 4.81. The summed E-state index contributed by atoms with van der Waals surface area (Å²) in [6.45, 7) is 5.14. The Hall–Kier alpha value is -1.19. The van der Waals surface area contributed by atoms with Crippen molar-refractivity contribution in [3.05, 3.63) is 52.0 Å². The number of aromatic nitrogens is 1. The van der Waals surface area contributed by atoms with Gasteiger partial charge in [0.05, 0.1) is 11.2 Å². The fourth-order valence-electron chi connectivity index (χ4n) is 1.60. The van der Waals surface area contributed by atoms with E-state index in [1.54, 1.807) is 11.3 Å². The van der Waals surface area contributed by atoms with Crippen LogP contribution in [0.15, 0.2) is 35.8 Å². The van der Waals surface area contributed by atoms with Crippen molar-refractivity contribution in [3.8, 4) is 0 Å². The molecule has 0 bridgehead atoms. The highest BCUT2D eigenvalue weighted by Gasteiger charge is 2.06. The van der Waals surface area contributed by atoms with E-state index in [2.05, 4.69) is 48.4 Å². The Labute approximate surface area is 100 Å². The highest BCUT2D eigenvalue weighted by molar-refractivity contribution is 7.09. The molecule has 1 N–H and O–H groups in total. The number of thiazole rings is 1. The molecule has 16 heavy (non-hydrogen) atoms. The quantitative estimate of drug-likeness (QED) is 0.875. The van der Waals surface area contributed by atoms with Crippen LogP contribution in [0.5, 0.6) is 0 Å². The highest BCUT2D eigenvalue weighted by Crippen LogP contribution is 2.15. The topological polar surface area (TPSA) is 24.9 Å². The molecular formula is C13H16N2S. The zero-order valence-electron chi connectivity index (χ0n) is 9.60. The van der Waals surface area contributed by atoms with Crippen LogP contribution < -0.4 is 5.32 Å². The first-order chi connectivity index (χ1) is 7.77. The van der Waals surface area contributed by atoms with Crippen LogP contribution in [0.4, 0.5) is 0 Å². The van der Waals surface area contributed by atoms with Gasteiger partial charge in [-0.25, -0.2) is 4.98 Å². The molecule has 0 aliphatic heterocycles. The van der Waals surface area contributed by atoms with Gasteiger partial charge in [0.2, 0.25) is 0 Å². The molecular weight excluding hydrogens is 216 g/mol. The number of hydrogen-bond acceptors (Lipinski definition) is 3. The van der Waals surface area contributed by atoms with E-state index in [4.69, 9.17) is 0 Å². The van der Waals surface area contributed by atoms with Crippen LogP contribution in [0, 0.1) is 6.92 Å². The Morgan fingerprint density at radius 2 is 2.06 bits per heavy atom. The van der Waals surface area contributed by atoms with E-state index in [1.165, 1.54) is 10.4 Å². The Bertz CT molecular complexity index is 436. The first kappa shape index (κ1) is 11.3. The van der Waals surface area contributed by atoms with Crippen molar-refractivity contribution < 1.29 is 0 Å². The third-order valence-electron chi connectivity index (χ3n) is 2.71. The summed E-state index contributed by atoms with van der Waals surface area (Å²) < 4.78 is 0. The monoisotopic (exact) mass is 232 g/mol. The van der Waals surface area contributed by atoms with E-state index < -0.39 is 0 Å². The molecule has 2 rings (SSSR count). The molecule has 1 heterocycles. The molecule has 1 aromatic carbocycles. The van der Waals surface area contributed by atoms with Gasteiger partial charge in [0.15, 0.2) is 0 Å². The molecule has 0 spiro atoms. The molecule has 1 aromatic heterocycles. The molecule has 84 valence electrons. The predicted octanol–water partition coefficient (Wildman–Crippen LogP) is 3.30. The van der Waals surface area contributed by atoms with Crippen molar-refractivity contribution in [2.75, 3.05) is 0 Å². The first-order valence-electron chi connectivity index (χ1n) is 5.44. The van der Waals surface area contributed by atoms with Crippen molar-refractivity contribution in [3.63, 3.8) is 0 Å². The average molecular weight is 232 g/mol. The standard InChI is InChI=1S/C13H16N2S/c1-10(12-6-4-3-5-7-12)14-8-13-11(2)15-9-16-13/h3-7,9-10,14H,8H2,1-2H3. The Kier molecular flexibility index (Phi) is 3.70. The summed E-state index contributed by atoms with van der Waals surface area (Å²) in [4.78, 5) is 5.57. The van der Waals surface area contributed by atoms with Crippen LogP contribution in [0.3, 0.4) is 0 Å². The third kappa shape index (κ3) is 2.68. The normalized spacial score (nSPS) is 12.6. The average Bonchev–Trinajstić information content (AvgIpc) is 2.73. The van der Waals surface area contributed by atoms with E-state index in [0.29, 0.717) is 6.04 Å². The van der Waals surface area contributed by atoms with Gasteiger partial charge in [0, 0.05) is 17.5 Å². The summed E-state index contributed by atoms with van der Waals surface area (Å²) in [7, 11) is 0. The zero-order valence-corrected chi connectivity index (χ0v) is 10.4. The molecule has 2 aromatic rings. The number of nitrogens with one attached hydrogen (secondary N) is 1. The highest BCUT2D eigenvalue weighted by atomic mass is 32.1. The molecule has 0 aliphatic rings. The molecule has 0 saturated carbocycles. The second kappa shape index (κ2) is 5.23. The van der Waals surface area contributed by atoms with Crippen molar-refractivity contribution in [2.24, 2.45) is 0 Å². The number of aryl methyl sites for hydroxylation is 1. The van der Waals surface area contributed by atoms with E-state index in [0.717, 1.165) is 12.2 Å². The number of rotatable bonds is 4. The van der Waals surface area contributed by atoms with Crippen LogP contribution >= 0.6 is 11.3 Å².